The van der Waals surface area contributed by atoms with Crippen molar-refractivity contribution in [3.8, 4) is 0 Å². The van der Waals surface area contributed by atoms with Crippen LogP contribution < -0.4 is 0 Å². The van der Waals surface area contributed by atoms with Crippen LogP contribution in [-0.2, 0) is 14.6 Å². The monoisotopic (exact) mass is 216 g/mol. The predicted octanol–water partition coefficient (Wildman–Crippen LogP) is 3.19. The average molecular weight is 216 g/mol. The SMILES string of the molecule is COOC(=O)C(CC(C)(C)C)C(C)(C)C. The first-order valence-corrected chi connectivity index (χ1v) is 5.32. The highest BCUT2D eigenvalue weighted by Crippen LogP contribution is 2.36. The topological polar surface area (TPSA) is 35.5 Å². The molecule has 0 radical (unpaired) electrons. The van der Waals surface area contributed by atoms with Crippen molar-refractivity contribution in [1.29, 1.82) is 0 Å². The van der Waals surface area contributed by atoms with Crippen LogP contribution in [0.15, 0.2) is 0 Å². The Hall–Kier alpha value is -0.570. The van der Waals surface area contributed by atoms with Gasteiger partial charge in [0, 0.05) is 0 Å². The maximum atomic E-state index is 11.7. The van der Waals surface area contributed by atoms with Crippen molar-refractivity contribution < 1.29 is 14.6 Å². The van der Waals surface area contributed by atoms with Crippen LogP contribution in [0.25, 0.3) is 0 Å². The van der Waals surface area contributed by atoms with Crippen LogP contribution in [0.5, 0.6) is 0 Å². The summed E-state index contributed by atoms with van der Waals surface area (Å²) in [5.74, 6) is -0.419. The van der Waals surface area contributed by atoms with Crippen molar-refractivity contribution in [1.82, 2.24) is 0 Å². The molecule has 90 valence electrons. The Morgan fingerprint density at radius 3 is 1.87 bits per heavy atom. The highest BCUT2D eigenvalue weighted by Gasteiger charge is 2.36. The quantitative estimate of drug-likeness (QED) is 0.537. The molecule has 0 spiro atoms. The molecule has 0 amide bonds. The normalized spacial score (nSPS) is 14.9. The van der Waals surface area contributed by atoms with Gasteiger partial charge in [0.2, 0.25) is 0 Å². The minimum Gasteiger partial charge on any atom is -0.298 e. The Labute approximate surface area is 93.1 Å². The number of rotatable bonds is 3. The Kier molecular flexibility index (Phi) is 4.78. The molecule has 0 N–H and O–H groups in total. The van der Waals surface area contributed by atoms with Gasteiger partial charge in [-0.15, -0.1) is 0 Å². The molecule has 0 aromatic carbocycles. The summed E-state index contributed by atoms with van der Waals surface area (Å²) >= 11 is 0. The van der Waals surface area contributed by atoms with E-state index in [4.69, 9.17) is 0 Å². The second kappa shape index (κ2) is 4.97. The maximum Gasteiger partial charge on any atom is 0.345 e. The summed E-state index contributed by atoms with van der Waals surface area (Å²) in [5.41, 5.74) is -0.00635. The largest absolute Gasteiger partial charge is 0.345 e. The second-order valence-corrected chi connectivity index (χ2v) is 6.25. The average Bonchev–Trinajstić information content (AvgIpc) is 1.97. The van der Waals surface area contributed by atoms with Crippen LogP contribution in [0.3, 0.4) is 0 Å². The van der Waals surface area contributed by atoms with Crippen LogP contribution in [0.1, 0.15) is 48.0 Å². The Morgan fingerprint density at radius 2 is 1.60 bits per heavy atom. The summed E-state index contributed by atoms with van der Waals surface area (Å²) in [6.45, 7) is 12.5. The van der Waals surface area contributed by atoms with Gasteiger partial charge in [-0.3, -0.25) is 4.89 Å². The van der Waals surface area contributed by atoms with E-state index in [0.717, 1.165) is 6.42 Å². The van der Waals surface area contributed by atoms with E-state index in [1.165, 1.54) is 7.11 Å². The zero-order valence-electron chi connectivity index (χ0n) is 11.0. The van der Waals surface area contributed by atoms with Crippen molar-refractivity contribution in [2.45, 2.75) is 48.0 Å². The van der Waals surface area contributed by atoms with E-state index in [2.05, 4.69) is 30.5 Å². The third-order valence-electron chi connectivity index (χ3n) is 2.31. The summed E-state index contributed by atoms with van der Waals surface area (Å²) in [7, 11) is 1.36. The van der Waals surface area contributed by atoms with Gasteiger partial charge in [0.1, 0.15) is 0 Å². The van der Waals surface area contributed by atoms with Crippen LogP contribution in [-0.4, -0.2) is 13.1 Å². The lowest BCUT2D eigenvalue weighted by Crippen LogP contribution is -2.33. The molecule has 0 aliphatic rings. The fraction of sp³-hybridized carbons (Fsp3) is 0.917. The molecule has 0 aliphatic heterocycles. The lowest BCUT2D eigenvalue weighted by Gasteiger charge is -2.33. The maximum absolute atomic E-state index is 11.7. The molecule has 0 bridgehead atoms. The molecule has 0 saturated heterocycles. The molecule has 0 saturated carbocycles. The zero-order valence-corrected chi connectivity index (χ0v) is 11.0. The van der Waals surface area contributed by atoms with E-state index < -0.39 is 0 Å². The molecule has 0 aromatic rings. The first kappa shape index (κ1) is 14.4. The van der Waals surface area contributed by atoms with E-state index in [-0.39, 0.29) is 22.7 Å². The number of hydrogen-bond acceptors (Lipinski definition) is 3. The lowest BCUT2D eigenvalue weighted by molar-refractivity contribution is -0.262. The third kappa shape index (κ3) is 5.78. The van der Waals surface area contributed by atoms with Gasteiger partial charge >= 0.3 is 5.97 Å². The molecule has 0 aromatic heterocycles. The third-order valence-corrected chi connectivity index (χ3v) is 2.31. The molecular weight excluding hydrogens is 192 g/mol. The molecule has 15 heavy (non-hydrogen) atoms. The van der Waals surface area contributed by atoms with E-state index in [1.807, 2.05) is 20.8 Å². The molecule has 3 nitrogen and oxygen atoms in total. The molecule has 1 unspecified atom stereocenters. The van der Waals surface area contributed by atoms with Gasteiger partial charge in [-0.25, -0.2) is 4.79 Å². The minimum atomic E-state index is -0.278. The summed E-state index contributed by atoms with van der Waals surface area (Å²) in [6, 6.07) is 0. The fourth-order valence-electron chi connectivity index (χ4n) is 1.50. The number of carbonyl (C=O) groups excluding carboxylic acids is 1. The molecular formula is C12H24O3. The molecule has 0 fully saturated rings. The fourth-order valence-corrected chi connectivity index (χ4v) is 1.50. The number of hydrogen-bond donors (Lipinski definition) is 0. The van der Waals surface area contributed by atoms with E-state index >= 15 is 0 Å². The molecule has 1 atom stereocenters. The first-order valence-electron chi connectivity index (χ1n) is 5.32. The van der Waals surface area contributed by atoms with Crippen LogP contribution in [0.4, 0.5) is 0 Å². The van der Waals surface area contributed by atoms with Gasteiger partial charge in [0.15, 0.2) is 0 Å². The van der Waals surface area contributed by atoms with Crippen molar-refractivity contribution in [3.05, 3.63) is 0 Å². The van der Waals surface area contributed by atoms with Crippen molar-refractivity contribution in [3.63, 3.8) is 0 Å². The molecule has 3 heteroatoms. The summed E-state index contributed by atoms with van der Waals surface area (Å²) in [5, 5.41) is 0. The highest BCUT2D eigenvalue weighted by molar-refractivity contribution is 5.72. The van der Waals surface area contributed by atoms with E-state index in [0.29, 0.717) is 0 Å². The van der Waals surface area contributed by atoms with Gasteiger partial charge in [-0.1, -0.05) is 41.5 Å². The minimum absolute atomic E-state index is 0.102. The summed E-state index contributed by atoms with van der Waals surface area (Å²) < 4.78 is 0. The van der Waals surface area contributed by atoms with Crippen molar-refractivity contribution in [2.24, 2.45) is 16.7 Å². The van der Waals surface area contributed by atoms with Gasteiger partial charge in [-0.05, 0) is 17.3 Å². The predicted molar refractivity (Wildman–Crippen MR) is 60.1 cm³/mol. The second-order valence-electron chi connectivity index (χ2n) is 6.25. The summed E-state index contributed by atoms with van der Waals surface area (Å²) in [6.07, 6.45) is 0.790. The number of carbonyl (C=O) groups is 1. The van der Waals surface area contributed by atoms with Crippen molar-refractivity contribution in [2.75, 3.05) is 7.11 Å². The lowest BCUT2D eigenvalue weighted by atomic mass is 9.72. The zero-order chi connectivity index (χ0) is 12.3. The van der Waals surface area contributed by atoms with E-state index in [9.17, 15) is 4.79 Å². The Morgan fingerprint density at radius 1 is 1.13 bits per heavy atom. The van der Waals surface area contributed by atoms with Gasteiger partial charge in [0.05, 0.1) is 13.0 Å². The van der Waals surface area contributed by atoms with Crippen molar-refractivity contribution >= 4 is 5.97 Å². The molecule has 0 rings (SSSR count). The van der Waals surface area contributed by atoms with Gasteiger partial charge in [0.25, 0.3) is 0 Å². The van der Waals surface area contributed by atoms with Crippen LogP contribution in [0, 0.1) is 16.7 Å². The highest BCUT2D eigenvalue weighted by atomic mass is 17.2. The van der Waals surface area contributed by atoms with E-state index in [1.54, 1.807) is 0 Å². The van der Waals surface area contributed by atoms with Crippen LogP contribution >= 0.6 is 0 Å². The molecule has 0 heterocycles. The Balaban J connectivity index is 4.68. The van der Waals surface area contributed by atoms with Gasteiger partial charge in [-0.2, -0.15) is 4.89 Å². The standard InChI is InChI=1S/C12H24O3/c1-11(2,3)8-9(12(4,5)6)10(13)15-14-7/h9H,8H2,1-7H3. The van der Waals surface area contributed by atoms with Gasteiger partial charge < -0.3 is 0 Å². The molecule has 0 aliphatic carbocycles. The van der Waals surface area contributed by atoms with Crippen LogP contribution in [0.2, 0.25) is 0 Å². The Bertz CT molecular complexity index is 208. The summed E-state index contributed by atoms with van der Waals surface area (Å²) in [4.78, 5) is 20.8. The first-order chi connectivity index (χ1) is 6.58. The smallest absolute Gasteiger partial charge is 0.298 e.